The lowest BCUT2D eigenvalue weighted by Gasteiger charge is -2.30. The van der Waals surface area contributed by atoms with Crippen molar-refractivity contribution < 1.29 is 42.2 Å². The Labute approximate surface area is 293 Å². The van der Waals surface area contributed by atoms with Crippen molar-refractivity contribution in [2.45, 2.75) is 30.4 Å². The zero-order chi connectivity index (χ0) is 36.5. The summed E-state index contributed by atoms with van der Waals surface area (Å²) >= 11 is 0. The number of hydrogen-bond donors (Lipinski definition) is 3. The first-order valence-electron chi connectivity index (χ1n) is 16.0. The van der Waals surface area contributed by atoms with E-state index in [-0.39, 0.29) is 61.5 Å². The van der Waals surface area contributed by atoms with E-state index in [9.17, 15) is 33.2 Å². The van der Waals surface area contributed by atoms with Crippen LogP contribution in [0.15, 0.2) is 89.8 Å². The summed E-state index contributed by atoms with van der Waals surface area (Å²) in [5.41, 5.74) is 1.34. The molecule has 0 bridgehead atoms. The summed E-state index contributed by atoms with van der Waals surface area (Å²) in [7, 11) is -2.52. The van der Waals surface area contributed by atoms with Crippen LogP contribution in [-0.4, -0.2) is 96.9 Å². The van der Waals surface area contributed by atoms with E-state index in [0.717, 1.165) is 21.5 Å². The van der Waals surface area contributed by atoms with Crippen molar-refractivity contribution in [3.8, 4) is 5.75 Å². The Hall–Kier alpha value is -5.36. The molecule has 1 aliphatic rings. The number of amides is 1. The molecule has 2 atom stereocenters. The van der Waals surface area contributed by atoms with Crippen molar-refractivity contribution in [2.24, 2.45) is 0 Å². The standard InChI is InChI=1S/C34H38N6O10S/c1-23(42)39-22-29(28-5-3-4-6-30(28)39)24-19-31(34(43)36-14-13-35-32-12-7-25(21-37-32)40(44)45)50-33(20-24)49-18-16-38(15-17-41)51(46,47)27-10-8-26(48-2)9-11-27/h3-12,19,21-22,24,33,41H,13-18,20H2,1-2H3,(H,35,37)(H,36,43)/t24-,33+/m0/s1. The lowest BCUT2D eigenvalue weighted by Crippen LogP contribution is -2.38. The van der Waals surface area contributed by atoms with E-state index >= 15 is 0 Å². The Morgan fingerprint density at radius 1 is 1.12 bits per heavy atom. The first kappa shape index (κ1) is 36.9. The van der Waals surface area contributed by atoms with E-state index in [2.05, 4.69) is 15.6 Å². The number of sulfonamides is 1. The van der Waals surface area contributed by atoms with Crippen LogP contribution in [0, 0.1) is 10.1 Å². The van der Waals surface area contributed by atoms with Crippen molar-refractivity contribution in [2.75, 3.05) is 51.8 Å². The molecule has 2 aromatic carbocycles. The number of rotatable bonds is 16. The van der Waals surface area contributed by atoms with Crippen LogP contribution in [0.4, 0.5) is 11.5 Å². The number of anilines is 1. The van der Waals surface area contributed by atoms with Gasteiger partial charge in [-0.3, -0.25) is 24.3 Å². The molecule has 0 radical (unpaired) electrons. The first-order chi connectivity index (χ1) is 24.5. The molecule has 0 saturated carbocycles. The van der Waals surface area contributed by atoms with Gasteiger partial charge in [-0.1, -0.05) is 18.2 Å². The highest BCUT2D eigenvalue weighted by molar-refractivity contribution is 7.89. The van der Waals surface area contributed by atoms with Gasteiger partial charge in [-0.05, 0) is 48.0 Å². The summed E-state index contributed by atoms with van der Waals surface area (Å²) in [5, 5.41) is 27.1. The maximum absolute atomic E-state index is 13.4. The van der Waals surface area contributed by atoms with Gasteiger partial charge in [-0.15, -0.1) is 0 Å². The minimum Gasteiger partial charge on any atom is -0.497 e. The number of aromatic nitrogens is 2. The number of para-hydroxylation sites is 1. The molecule has 270 valence electrons. The third-order valence-electron chi connectivity index (χ3n) is 8.13. The molecule has 0 aliphatic carbocycles. The number of carbonyl (C=O) groups excluding carboxylic acids is 2. The summed E-state index contributed by atoms with van der Waals surface area (Å²) in [5.74, 6) is -0.284. The summed E-state index contributed by atoms with van der Waals surface area (Å²) in [4.78, 5) is 40.2. The Morgan fingerprint density at radius 3 is 2.55 bits per heavy atom. The van der Waals surface area contributed by atoms with E-state index in [1.807, 2.05) is 24.3 Å². The number of pyridine rings is 1. The van der Waals surface area contributed by atoms with Gasteiger partial charge in [-0.25, -0.2) is 13.4 Å². The molecule has 0 unspecified atom stereocenters. The van der Waals surface area contributed by atoms with E-state index in [1.165, 1.54) is 55.0 Å². The van der Waals surface area contributed by atoms with Crippen LogP contribution in [0.5, 0.6) is 5.75 Å². The normalized spacial score (nSPS) is 16.0. The van der Waals surface area contributed by atoms with Crippen LogP contribution >= 0.6 is 0 Å². The van der Waals surface area contributed by atoms with Gasteiger partial charge in [0.15, 0.2) is 5.76 Å². The average Bonchev–Trinajstić information content (AvgIpc) is 3.53. The minimum atomic E-state index is -3.99. The molecule has 2 aromatic heterocycles. The second-order valence-electron chi connectivity index (χ2n) is 11.4. The molecule has 5 rings (SSSR count). The summed E-state index contributed by atoms with van der Waals surface area (Å²) in [6, 6.07) is 16.1. The fourth-order valence-electron chi connectivity index (χ4n) is 5.60. The second kappa shape index (κ2) is 16.6. The third kappa shape index (κ3) is 8.87. The lowest BCUT2D eigenvalue weighted by atomic mass is 9.92. The second-order valence-corrected chi connectivity index (χ2v) is 13.4. The summed E-state index contributed by atoms with van der Waals surface area (Å²) in [6.07, 6.45) is 3.81. The number of carbonyl (C=O) groups is 2. The minimum absolute atomic E-state index is 0.0216. The topological polar surface area (TPSA) is 204 Å². The highest BCUT2D eigenvalue weighted by Crippen LogP contribution is 2.36. The van der Waals surface area contributed by atoms with E-state index in [4.69, 9.17) is 14.2 Å². The number of aliphatic hydroxyl groups excluding tert-OH is 1. The maximum atomic E-state index is 13.4. The number of hydrogen-bond acceptors (Lipinski definition) is 12. The summed E-state index contributed by atoms with van der Waals surface area (Å²) in [6.45, 7) is 1.03. The van der Waals surface area contributed by atoms with Crippen molar-refractivity contribution in [3.05, 3.63) is 101 Å². The maximum Gasteiger partial charge on any atom is 0.287 e. The van der Waals surface area contributed by atoms with Gasteiger partial charge in [0.05, 0.1) is 35.7 Å². The van der Waals surface area contributed by atoms with Crippen LogP contribution < -0.4 is 15.4 Å². The molecule has 1 aliphatic heterocycles. The number of benzene rings is 2. The molecule has 1 amide bonds. The zero-order valence-corrected chi connectivity index (χ0v) is 28.7. The monoisotopic (exact) mass is 722 g/mol. The van der Waals surface area contributed by atoms with Gasteiger partial charge in [0.25, 0.3) is 11.6 Å². The number of nitrogens with zero attached hydrogens (tertiary/aromatic N) is 4. The number of fused-ring (bicyclic) bond motifs is 1. The fourth-order valence-corrected chi connectivity index (χ4v) is 7.01. The molecular weight excluding hydrogens is 684 g/mol. The van der Waals surface area contributed by atoms with E-state index < -0.39 is 39.7 Å². The van der Waals surface area contributed by atoms with Crippen LogP contribution in [0.3, 0.4) is 0 Å². The van der Waals surface area contributed by atoms with Crippen molar-refractivity contribution in [1.82, 2.24) is 19.2 Å². The Bertz CT molecular complexity index is 2000. The van der Waals surface area contributed by atoms with E-state index in [1.54, 1.807) is 12.3 Å². The van der Waals surface area contributed by atoms with Gasteiger partial charge in [0.2, 0.25) is 22.2 Å². The van der Waals surface area contributed by atoms with Gasteiger partial charge < -0.3 is 30.0 Å². The molecular formula is C34H38N6O10S. The Kier molecular flexibility index (Phi) is 12.0. The first-order valence-corrected chi connectivity index (χ1v) is 17.4. The molecule has 4 aromatic rings. The quantitative estimate of drug-likeness (QED) is 0.0867. The van der Waals surface area contributed by atoms with Crippen molar-refractivity contribution in [1.29, 1.82) is 0 Å². The predicted octanol–water partition coefficient (Wildman–Crippen LogP) is 3.26. The molecule has 3 N–H and O–H groups in total. The summed E-state index contributed by atoms with van der Waals surface area (Å²) < 4.78 is 46.6. The van der Waals surface area contributed by atoms with Crippen LogP contribution in [0.2, 0.25) is 0 Å². The molecule has 3 heterocycles. The SMILES string of the molecule is COc1ccc(S(=O)(=O)N(CCO)CCO[C@H]2C[C@@H](c3cn(C(C)=O)c4ccccc34)C=C(C(=O)NCCNc3ccc([N+](=O)[O-])cn3)O2)cc1. The van der Waals surface area contributed by atoms with Gasteiger partial charge in [-0.2, -0.15) is 4.31 Å². The van der Waals surface area contributed by atoms with Gasteiger partial charge in [0, 0.05) is 63.1 Å². The number of methoxy groups -OCH3 is 1. The fraction of sp³-hybridized carbons (Fsp3) is 0.324. The Balaban J connectivity index is 1.30. The van der Waals surface area contributed by atoms with E-state index in [0.29, 0.717) is 17.1 Å². The molecule has 0 fully saturated rings. The predicted molar refractivity (Wildman–Crippen MR) is 186 cm³/mol. The van der Waals surface area contributed by atoms with Crippen LogP contribution in [-0.2, 0) is 24.3 Å². The smallest absolute Gasteiger partial charge is 0.287 e. The number of nitro groups is 1. The average molecular weight is 723 g/mol. The Morgan fingerprint density at radius 2 is 1.88 bits per heavy atom. The number of allylic oxidation sites excluding steroid dienone is 1. The van der Waals surface area contributed by atoms with Crippen molar-refractivity contribution in [3.63, 3.8) is 0 Å². The number of aliphatic hydroxyl groups is 1. The van der Waals surface area contributed by atoms with Gasteiger partial charge >= 0.3 is 0 Å². The molecule has 17 heteroatoms. The molecule has 0 spiro atoms. The van der Waals surface area contributed by atoms with Crippen LogP contribution in [0.25, 0.3) is 10.9 Å². The van der Waals surface area contributed by atoms with Crippen LogP contribution in [0.1, 0.15) is 29.6 Å². The highest BCUT2D eigenvalue weighted by Gasteiger charge is 2.32. The molecule has 16 nitrogen and oxygen atoms in total. The number of ether oxygens (including phenoxy) is 3. The zero-order valence-electron chi connectivity index (χ0n) is 27.9. The largest absolute Gasteiger partial charge is 0.497 e. The molecule has 51 heavy (non-hydrogen) atoms. The molecule has 0 saturated heterocycles. The highest BCUT2D eigenvalue weighted by atomic mass is 32.2. The number of nitrogens with one attached hydrogen (secondary N) is 2. The van der Waals surface area contributed by atoms with Crippen molar-refractivity contribution >= 4 is 44.2 Å². The lowest BCUT2D eigenvalue weighted by molar-refractivity contribution is -0.385. The third-order valence-corrected chi connectivity index (χ3v) is 10.0. The van der Waals surface area contributed by atoms with Gasteiger partial charge in [0.1, 0.15) is 17.8 Å².